The summed E-state index contributed by atoms with van der Waals surface area (Å²) in [5, 5.41) is 26.5. The first kappa shape index (κ1) is 17.4. The quantitative estimate of drug-likeness (QED) is 0.392. The molecule has 0 bridgehead atoms. The average Bonchev–Trinajstić information content (AvgIpc) is 3.31. The molecule has 0 aliphatic carbocycles. The van der Waals surface area contributed by atoms with Gasteiger partial charge in [-0.05, 0) is 50.4 Å². The Morgan fingerprint density at radius 3 is 3.12 bits per heavy atom. The van der Waals surface area contributed by atoms with E-state index >= 15 is 0 Å². The van der Waals surface area contributed by atoms with E-state index in [9.17, 15) is 4.79 Å². The Morgan fingerprint density at radius 2 is 2.44 bits per heavy atom. The minimum absolute atomic E-state index is 0.00176. The highest BCUT2D eigenvalue weighted by Gasteiger charge is 2.44. The van der Waals surface area contributed by atoms with Gasteiger partial charge in [0.15, 0.2) is 0 Å². The van der Waals surface area contributed by atoms with Gasteiger partial charge in [0.05, 0.1) is 17.3 Å². The maximum Gasteiger partial charge on any atom is 0.240 e. The van der Waals surface area contributed by atoms with Crippen molar-refractivity contribution in [2.75, 3.05) is 24.6 Å². The van der Waals surface area contributed by atoms with E-state index in [0.717, 1.165) is 18.7 Å². The van der Waals surface area contributed by atoms with Gasteiger partial charge in [0.1, 0.15) is 12.4 Å². The van der Waals surface area contributed by atoms with Crippen LogP contribution in [-0.4, -0.2) is 49.0 Å². The van der Waals surface area contributed by atoms with Gasteiger partial charge in [-0.3, -0.25) is 15.2 Å². The zero-order valence-corrected chi connectivity index (χ0v) is 14.4. The molecule has 1 aromatic carbocycles. The van der Waals surface area contributed by atoms with Crippen LogP contribution in [0.5, 0.6) is 0 Å². The second-order valence-corrected chi connectivity index (χ2v) is 6.64. The molecule has 0 radical (unpaired) electrons. The molecule has 1 aromatic rings. The van der Waals surface area contributed by atoms with Gasteiger partial charge in [-0.25, -0.2) is 0 Å². The molecular formula is C18H24N6O. The van der Waals surface area contributed by atoms with Crippen LogP contribution in [0.2, 0.25) is 0 Å². The Kier molecular flexibility index (Phi) is 5.31. The summed E-state index contributed by atoms with van der Waals surface area (Å²) in [7, 11) is 0. The minimum atomic E-state index is -0.244. The normalized spacial score (nSPS) is 27.4. The van der Waals surface area contributed by atoms with Gasteiger partial charge >= 0.3 is 0 Å². The van der Waals surface area contributed by atoms with Crippen LogP contribution < -0.4 is 15.6 Å². The summed E-state index contributed by atoms with van der Waals surface area (Å²) in [5.74, 6) is 0.629. The Bertz CT molecular complexity index is 684. The SMILES string of the molecule is CC1NCCC1CCNC(=O)C1CN1N(C=N)c1cccc(C#N)c1. The van der Waals surface area contributed by atoms with Gasteiger partial charge in [-0.15, -0.1) is 0 Å². The van der Waals surface area contributed by atoms with Crippen molar-refractivity contribution in [3.63, 3.8) is 0 Å². The van der Waals surface area contributed by atoms with E-state index in [1.165, 1.54) is 12.8 Å². The first-order valence-corrected chi connectivity index (χ1v) is 8.71. The number of nitrogens with one attached hydrogen (secondary N) is 3. The van der Waals surface area contributed by atoms with Crippen LogP contribution in [0.1, 0.15) is 25.3 Å². The van der Waals surface area contributed by atoms with Crippen molar-refractivity contribution in [3.8, 4) is 6.07 Å². The summed E-state index contributed by atoms with van der Waals surface area (Å²) >= 11 is 0. The molecule has 2 aliphatic rings. The highest BCUT2D eigenvalue weighted by molar-refractivity contribution is 5.87. The number of nitriles is 1. The molecule has 2 aliphatic heterocycles. The van der Waals surface area contributed by atoms with Crippen LogP contribution in [0.15, 0.2) is 24.3 Å². The lowest BCUT2D eigenvalue weighted by Crippen LogP contribution is -2.37. The first-order chi connectivity index (χ1) is 12.1. The summed E-state index contributed by atoms with van der Waals surface area (Å²) in [5.41, 5.74) is 1.25. The third kappa shape index (κ3) is 3.98. The number of nitrogens with zero attached hydrogens (tertiary/aromatic N) is 3. The van der Waals surface area contributed by atoms with E-state index in [0.29, 0.717) is 30.6 Å². The molecule has 0 spiro atoms. The Morgan fingerprint density at radius 1 is 1.60 bits per heavy atom. The van der Waals surface area contributed by atoms with Gasteiger partial charge in [-0.1, -0.05) is 6.07 Å². The number of rotatable bonds is 7. The summed E-state index contributed by atoms with van der Waals surface area (Å²) in [6.07, 6.45) is 3.34. The summed E-state index contributed by atoms with van der Waals surface area (Å²) < 4.78 is 0. The molecule has 4 atom stereocenters. The molecular weight excluding hydrogens is 316 g/mol. The largest absolute Gasteiger partial charge is 0.355 e. The molecule has 4 unspecified atom stereocenters. The average molecular weight is 340 g/mol. The van der Waals surface area contributed by atoms with Crippen LogP contribution in [0.25, 0.3) is 0 Å². The number of benzene rings is 1. The van der Waals surface area contributed by atoms with Crippen molar-refractivity contribution in [1.29, 1.82) is 10.7 Å². The second-order valence-electron chi connectivity index (χ2n) is 6.64. The predicted molar refractivity (Wildman–Crippen MR) is 96.1 cm³/mol. The molecule has 132 valence electrons. The lowest BCUT2D eigenvalue weighted by Gasteiger charge is -2.21. The van der Waals surface area contributed by atoms with Crippen molar-refractivity contribution in [1.82, 2.24) is 15.6 Å². The number of carbonyl (C=O) groups excluding carboxylic acids is 1. The van der Waals surface area contributed by atoms with E-state index in [-0.39, 0.29) is 11.9 Å². The van der Waals surface area contributed by atoms with Crippen molar-refractivity contribution in [2.24, 2.45) is 5.92 Å². The number of hydrogen-bond donors (Lipinski definition) is 3. The lowest BCUT2D eigenvalue weighted by molar-refractivity contribution is -0.121. The first-order valence-electron chi connectivity index (χ1n) is 8.71. The topological polar surface area (TPSA) is 95.0 Å². The number of amides is 1. The fourth-order valence-electron chi connectivity index (χ4n) is 3.41. The standard InChI is InChI=1S/C18H24N6O/c1-13-15(5-7-21-13)6-8-22-18(25)17-11-23(17)24(12-20)16-4-2-3-14(9-16)10-19/h2-4,9,12-13,15,17,20-21H,5-8,11H2,1H3,(H,22,25). The number of anilines is 1. The Hall–Kier alpha value is -2.43. The van der Waals surface area contributed by atoms with Crippen molar-refractivity contribution in [3.05, 3.63) is 29.8 Å². The molecule has 25 heavy (non-hydrogen) atoms. The van der Waals surface area contributed by atoms with E-state index in [1.807, 2.05) is 11.1 Å². The molecule has 3 N–H and O–H groups in total. The minimum Gasteiger partial charge on any atom is -0.355 e. The van der Waals surface area contributed by atoms with Crippen LogP contribution >= 0.6 is 0 Å². The lowest BCUT2D eigenvalue weighted by atomic mass is 9.98. The van der Waals surface area contributed by atoms with E-state index < -0.39 is 0 Å². The molecule has 2 heterocycles. The summed E-state index contributed by atoms with van der Waals surface area (Å²) in [6, 6.07) is 9.41. The van der Waals surface area contributed by atoms with Crippen LogP contribution in [-0.2, 0) is 4.79 Å². The van der Waals surface area contributed by atoms with Crippen LogP contribution in [0.3, 0.4) is 0 Å². The zero-order valence-electron chi connectivity index (χ0n) is 14.4. The number of hydrazine groups is 1. The van der Waals surface area contributed by atoms with Gasteiger partial charge < -0.3 is 10.6 Å². The molecule has 0 aromatic heterocycles. The molecule has 2 fully saturated rings. The molecule has 7 heteroatoms. The van der Waals surface area contributed by atoms with Crippen molar-refractivity contribution >= 4 is 17.9 Å². The monoisotopic (exact) mass is 340 g/mol. The highest BCUT2D eigenvalue weighted by atomic mass is 16.2. The molecule has 2 saturated heterocycles. The maximum absolute atomic E-state index is 12.3. The van der Waals surface area contributed by atoms with E-state index in [2.05, 4.69) is 23.6 Å². The third-order valence-corrected chi connectivity index (χ3v) is 5.03. The fraction of sp³-hybridized carbons (Fsp3) is 0.500. The Labute approximate surface area is 148 Å². The van der Waals surface area contributed by atoms with E-state index in [4.69, 9.17) is 10.7 Å². The number of carbonyl (C=O) groups is 1. The van der Waals surface area contributed by atoms with Crippen LogP contribution in [0.4, 0.5) is 5.69 Å². The van der Waals surface area contributed by atoms with E-state index in [1.54, 1.807) is 23.2 Å². The van der Waals surface area contributed by atoms with Gasteiger partial charge in [0.25, 0.3) is 0 Å². The summed E-state index contributed by atoms with van der Waals surface area (Å²) in [6.45, 7) is 4.53. The predicted octanol–water partition coefficient (Wildman–Crippen LogP) is 1.08. The zero-order chi connectivity index (χ0) is 17.8. The van der Waals surface area contributed by atoms with Gasteiger partial charge in [0.2, 0.25) is 5.91 Å². The third-order valence-electron chi connectivity index (χ3n) is 5.03. The maximum atomic E-state index is 12.3. The van der Waals surface area contributed by atoms with Crippen molar-refractivity contribution < 1.29 is 4.79 Å². The molecule has 1 amide bonds. The highest BCUT2D eigenvalue weighted by Crippen LogP contribution is 2.26. The van der Waals surface area contributed by atoms with Crippen molar-refractivity contribution in [2.45, 2.75) is 31.8 Å². The Balaban J connectivity index is 1.50. The summed E-state index contributed by atoms with van der Waals surface area (Å²) in [4.78, 5) is 12.3. The smallest absolute Gasteiger partial charge is 0.240 e. The van der Waals surface area contributed by atoms with Crippen LogP contribution in [0, 0.1) is 22.7 Å². The number of hydrogen-bond acceptors (Lipinski definition) is 5. The molecule has 0 saturated carbocycles. The fourth-order valence-corrected chi connectivity index (χ4v) is 3.41. The second kappa shape index (κ2) is 7.64. The molecule has 3 rings (SSSR count). The van der Waals surface area contributed by atoms with Gasteiger partial charge in [-0.2, -0.15) is 10.3 Å². The molecule has 7 nitrogen and oxygen atoms in total. The van der Waals surface area contributed by atoms with Gasteiger partial charge in [0, 0.05) is 19.1 Å².